The number of benzene rings is 2. The molecule has 29 heavy (non-hydrogen) atoms. The summed E-state index contributed by atoms with van der Waals surface area (Å²) >= 11 is 1.48. The van der Waals surface area contributed by atoms with Crippen molar-refractivity contribution in [1.82, 2.24) is 14.6 Å². The van der Waals surface area contributed by atoms with Crippen LogP contribution in [-0.2, 0) is 4.79 Å². The number of rotatable bonds is 6. The van der Waals surface area contributed by atoms with Crippen molar-refractivity contribution in [2.45, 2.75) is 13.8 Å². The Hall–Kier alpha value is -3.45. The van der Waals surface area contributed by atoms with Crippen molar-refractivity contribution in [3.63, 3.8) is 0 Å². The van der Waals surface area contributed by atoms with Crippen LogP contribution < -0.4 is 10.1 Å². The van der Waals surface area contributed by atoms with Gasteiger partial charge in [-0.2, -0.15) is 4.98 Å². The van der Waals surface area contributed by atoms with Gasteiger partial charge in [0.25, 0.3) is 11.9 Å². The first-order valence-electron chi connectivity index (χ1n) is 9.25. The van der Waals surface area contributed by atoms with Crippen LogP contribution in [0.1, 0.15) is 18.1 Å². The Balaban J connectivity index is 1.46. The molecule has 6 nitrogen and oxygen atoms in total. The summed E-state index contributed by atoms with van der Waals surface area (Å²) in [4.78, 5) is 17.4. The minimum Gasteiger partial charge on any atom is -0.494 e. The standard InChI is InChI=1S/C22H20N4O2S/c1-3-28-18-11-6-16(7-12-18)8-13-20(27)23-21-24-22-26(25-21)19(14-29-22)17-9-4-15(2)5-10-17/h4-14H,3H2,1-2H3,(H,23,25,27)/b13-8+. The molecule has 0 saturated carbocycles. The van der Waals surface area contributed by atoms with Gasteiger partial charge in [0.2, 0.25) is 4.96 Å². The van der Waals surface area contributed by atoms with Crippen LogP contribution in [0.25, 0.3) is 22.3 Å². The Kier molecular flexibility index (Phi) is 5.39. The summed E-state index contributed by atoms with van der Waals surface area (Å²) in [6.07, 6.45) is 3.20. The van der Waals surface area contributed by atoms with Crippen LogP contribution in [0.15, 0.2) is 60.0 Å². The lowest BCUT2D eigenvalue weighted by molar-refractivity contribution is -0.111. The van der Waals surface area contributed by atoms with Crippen molar-refractivity contribution in [3.8, 4) is 17.0 Å². The van der Waals surface area contributed by atoms with Crippen molar-refractivity contribution in [3.05, 3.63) is 71.1 Å². The zero-order valence-electron chi connectivity index (χ0n) is 16.1. The second-order valence-electron chi connectivity index (χ2n) is 6.44. The lowest BCUT2D eigenvalue weighted by Crippen LogP contribution is -2.09. The maximum atomic E-state index is 12.2. The van der Waals surface area contributed by atoms with E-state index >= 15 is 0 Å². The fraction of sp³-hybridized carbons (Fsp3) is 0.136. The van der Waals surface area contributed by atoms with Gasteiger partial charge in [-0.15, -0.1) is 16.4 Å². The van der Waals surface area contributed by atoms with E-state index < -0.39 is 0 Å². The molecule has 0 fully saturated rings. The van der Waals surface area contributed by atoms with Crippen LogP contribution in [0.4, 0.5) is 5.95 Å². The van der Waals surface area contributed by atoms with Crippen molar-refractivity contribution in [2.75, 3.05) is 11.9 Å². The van der Waals surface area contributed by atoms with Gasteiger partial charge in [0.15, 0.2) is 0 Å². The van der Waals surface area contributed by atoms with E-state index in [0.717, 1.165) is 27.5 Å². The number of nitrogens with zero attached hydrogens (tertiary/aromatic N) is 3. The average Bonchev–Trinajstić information content (AvgIpc) is 3.29. The van der Waals surface area contributed by atoms with Gasteiger partial charge < -0.3 is 4.74 Å². The number of ether oxygens (including phenoxy) is 1. The molecule has 146 valence electrons. The molecule has 7 heteroatoms. The molecule has 0 atom stereocenters. The number of carbonyl (C=O) groups is 1. The summed E-state index contributed by atoms with van der Waals surface area (Å²) in [6.45, 7) is 4.62. The van der Waals surface area contributed by atoms with Gasteiger partial charge >= 0.3 is 0 Å². The molecule has 1 amide bonds. The van der Waals surface area contributed by atoms with E-state index in [1.54, 1.807) is 10.6 Å². The van der Waals surface area contributed by atoms with E-state index in [0.29, 0.717) is 6.61 Å². The molecule has 2 heterocycles. The van der Waals surface area contributed by atoms with Gasteiger partial charge in [-0.1, -0.05) is 42.0 Å². The number of thiazole rings is 1. The number of nitrogens with one attached hydrogen (secondary N) is 1. The summed E-state index contributed by atoms with van der Waals surface area (Å²) < 4.78 is 7.16. The SMILES string of the molecule is CCOc1ccc(/C=C/C(=O)Nc2nc3scc(-c4ccc(C)cc4)n3n2)cc1. The number of hydrogen-bond donors (Lipinski definition) is 1. The summed E-state index contributed by atoms with van der Waals surface area (Å²) in [7, 11) is 0. The number of aromatic nitrogens is 3. The second kappa shape index (κ2) is 8.28. The average molecular weight is 404 g/mol. The van der Waals surface area contributed by atoms with Crippen LogP contribution in [0, 0.1) is 6.92 Å². The summed E-state index contributed by atoms with van der Waals surface area (Å²) in [5.41, 5.74) is 4.11. The third-order valence-electron chi connectivity index (χ3n) is 4.28. The lowest BCUT2D eigenvalue weighted by Gasteiger charge is -2.02. The van der Waals surface area contributed by atoms with Crippen LogP contribution in [0.3, 0.4) is 0 Å². The summed E-state index contributed by atoms with van der Waals surface area (Å²) in [5, 5.41) is 9.16. The number of amides is 1. The minimum atomic E-state index is -0.283. The fourth-order valence-electron chi connectivity index (χ4n) is 2.82. The van der Waals surface area contributed by atoms with Gasteiger partial charge in [0, 0.05) is 17.0 Å². The van der Waals surface area contributed by atoms with Gasteiger partial charge in [-0.05, 0) is 37.6 Å². The third kappa shape index (κ3) is 4.35. The Morgan fingerprint density at radius 2 is 1.93 bits per heavy atom. The zero-order valence-corrected chi connectivity index (χ0v) is 16.9. The predicted octanol–water partition coefficient (Wildman–Crippen LogP) is 4.82. The molecule has 0 aliphatic rings. The van der Waals surface area contributed by atoms with Crippen molar-refractivity contribution in [2.24, 2.45) is 0 Å². The van der Waals surface area contributed by atoms with Gasteiger partial charge in [-0.25, -0.2) is 4.52 Å². The second-order valence-corrected chi connectivity index (χ2v) is 7.28. The van der Waals surface area contributed by atoms with E-state index in [1.807, 2.05) is 36.6 Å². The molecule has 0 aliphatic heterocycles. The quantitative estimate of drug-likeness (QED) is 0.468. The molecule has 2 aromatic heterocycles. The first-order chi connectivity index (χ1) is 14.1. The van der Waals surface area contributed by atoms with E-state index in [2.05, 4.69) is 46.6 Å². The molecule has 0 bridgehead atoms. The predicted molar refractivity (Wildman–Crippen MR) is 116 cm³/mol. The first kappa shape index (κ1) is 18.9. The molecule has 0 saturated heterocycles. The van der Waals surface area contributed by atoms with Crippen LogP contribution in [-0.4, -0.2) is 27.1 Å². The molecule has 0 aliphatic carbocycles. The van der Waals surface area contributed by atoms with E-state index in [1.165, 1.54) is 23.0 Å². The normalized spacial score (nSPS) is 11.2. The Bertz CT molecular complexity index is 1160. The first-order valence-corrected chi connectivity index (χ1v) is 10.1. The molecular formula is C22H20N4O2S. The molecule has 0 unspecified atom stereocenters. The zero-order chi connectivity index (χ0) is 20.2. The van der Waals surface area contributed by atoms with E-state index in [4.69, 9.17) is 4.74 Å². The van der Waals surface area contributed by atoms with Gasteiger partial charge in [-0.3, -0.25) is 10.1 Å². The number of hydrogen-bond acceptors (Lipinski definition) is 5. The summed E-state index contributed by atoms with van der Waals surface area (Å²) in [5.74, 6) is 0.807. The molecule has 4 rings (SSSR count). The Morgan fingerprint density at radius 3 is 2.66 bits per heavy atom. The summed E-state index contributed by atoms with van der Waals surface area (Å²) in [6, 6.07) is 15.8. The van der Waals surface area contributed by atoms with Crippen LogP contribution >= 0.6 is 11.3 Å². The number of fused-ring (bicyclic) bond motifs is 1. The monoisotopic (exact) mass is 404 g/mol. The Labute approximate surface area is 172 Å². The topological polar surface area (TPSA) is 68.5 Å². The van der Waals surface area contributed by atoms with Gasteiger partial charge in [0.05, 0.1) is 12.3 Å². The smallest absolute Gasteiger partial charge is 0.250 e. The lowest BCUT2D eigenvalue weighted by atomic mass is 10.1. The molecule has 1 N–H and O–H groups in total. The minimum absolute atomic E-state index is 0.283. The van der Waals surface area contributed by atoms with Crippen LogP contribution in [0.2, 0.25) is 0 Å². The van der Waals surface area contributed by atoms with Crippen molar-refractivity contribution in [1.29, 1.82) is 0 Å². The van der Waals surface area contributed by atoms with Crippen molar-refractivity contribution < 1.29 is 9.53 Å². The third-order valence-corrected chi connectivity index (χ3v) is 5.10. The maximum absolute atomic E-state index is 12.2. The highest BCUT2D eigenvalue weighted by atomic mass is 32.1. The fourth-order valence-corrected chi connectivity index (χ4v) is 3.65. The molecule has 0 spiro atoms. The molecular weight excluding hydrogens is 384 g/mol. The molecule has 4 aromatic rings. The van der Waals surface area contributed by atoms with E-state index in [9.17, 15) is 4.79 Å². The van der Waals surface area contributed by atoms with Gasteiger partial charge in [0.1, 0.15) is 5.75 Å². The molecule has 2 aromatic carbocycles. The van der Waals surface area contributed by atoms with Crippen LogP contribution in [0.5, 0.6) is 5.75 Å². The highest BCUT2D eigenvalue weighted by Gasteiger charge is 2.12. The van der Waals surface area contributed by atoms with Crippen molar-refractivity contribution >= 4 is 34.2 Å². The number of aryl methyl sites for hydroxylation is 1. The Morgan fingerprint density at radius 1 is 1.17 bits per heavy atom. The number of carbonyl (C=O) groups excluding carboxylic acids is 1. The largest absolute Gasteiger partial charge is 0.494 e. The highest BCUT2D eigenvalue weighted by molar-refractivity contribution is 7.15. The number of anilines is 1. The highest BCUT2D eigenvalue weighted by Crippen LogP contribution is 2.26. The molecule has 0 radical (unpaired) electrons. The maximum Gasteiger partial charge on any atom is 0.250 e. The van der Waals surface area contributed by atoms with E-state index in [-0.39, 0.29) is 11.9 Å².